The predicted octanol–water partition coefficient (Wildman–Crippen LogP) is 3.20. The third kappa shape index (κ3) is 2.30. The first-order chi connectivity index (χ1) is 8.85. The minimum Gasteiger partial charge on any atom is -0.408 e. The molecule has 2 heterocycles. The average Bonchev–Trinajstić information content (AvgIpc) is 2.98. The van der Waals surface area contributed by atoms with Gasteiger partial charge in [-0.2, -0.15) is 0 Å². The van der Waals surface area contributed by atoms with E-state index in [4.69, 9.17) is 16.0 Å². The van der Waals surface area contributed by atoms with Gasteiger partial charge in [0.1, 0.15) is 0 Å². The summed E-state index contributed by atoms with van der Waals surface area (Å²) in [5.74, 6) is 1.00. The molecule has 0 spiro atoms. The molecule has 3 aromatic rings. The van der Waals surface area contributed by atoms with Crippen molar-refractivity contribution in [2.75, 3.05) is 11.2 Å². The fraction of sp³-hybridized carbons (Fsp3) is 0.182. The molecule has 0 aliphatic rings. The van der Waals surface area contributed by atoms with Crippen molar-refractivity contribution in [3.63, 3.8) is 0 Å². The number of nitrogens with zero attached hydrogens (tertiary/aromatic N) is 3. The minimum atomic E-state index is 0.374. The number of nitrogens with one attached hydrogen (secondary N) is 1. The van der Waals surface area contributed by atoms with Crippen molar-refractivity contribution in [3.8, 4) is 0 Å². The Morgan fingerprint density at radius 2 is 2.28 bits per heavy atom. The van der Waals surface area contributed by atoms with E-state index >= 15 is 0 Å². The molecule has 0 unspecified atom stereocenters. The quantitative estimate of drug-likeness (QED) is 0.744. The van der Waals surface area contributed by atoms with Gasteiger partial charge in [-0.05, 0) is 18.2 Å². The average molecular weight is 281 g/mol. The third-order valence-corrected chi connectivity index (χ3v) is 3.34. The van der Waals surface area contributed by atoms with Gasteiger partial charge in [0.25, 0.3) is 0 Å². The lowest BCUT2D eigenvalue weighted by Crippen LogP contribution is -1.89. The number of fused-ring (bicyclic) bond motifs is 1. The van der Waals surface area contributed by atoms with Crippen molar-refractivity contribution >= 4 is 44.9 Å². The molecule has 2 aromatic heterocycles. The molecular formula is C11H9ClN4OS. The molecule has 0 radical (unpaired) electrons. The summed E-state index contributed by atoms with van der Waals surface area (Å²) in [6.07, 6.45) is 0.574. The molecule has 0 amide bonds. The van der Waals surface area contributed by atoms with Crippen LogP contribution in [0.25, 0.3) is 10.2 Å². The molecule has 3 rings (SSSR count). The molecule has 1 N–H and O–H groups in total. The van der Waals surface area contributed by atoms with Crippen molar-refractivity contribution in [2.45, 2.75) is 6.42 Å². The van der Waals surface area contributed by atoms with Crippen LogP contribution in [0.4, 0.5) is 11.7 Å². The van der Waals surface area contributed by atoms with Crippen LogP contribution in [0.1, 0.15) is 5.89 Å². The van der Waals surface area contributed by atoms with Gasteiger partial charge in [-0.3, -0.25) is 0 Å². The van der Waals surface area contributed by atoms with Gasteiger partial charge < -0.3 is 9.73 Å². The topological polar surface area (TPSA) is 63.8 Å². The molecule has 0 aliphatic heterocycles. The fourth-order valence-electron chi connectivity index (χ4n) is 1.54. The van der Waals surface area contributed by atoms with E-state index in [0.717, 1.165) is 15.9 Å². The summed E-state index contributed by atoms with van der Waals surface area (Å²) in [6.45, 7) is 0. The number of anilines is 2. The SMILES string of the molecule is ClCCc1nnc(Nc2ccc3ncsc3c2)o1. The van der Waals surface area contributed by atoms with Crippen LogP contribution in [0.3, 0.4) is 0 Å². The molecule has 0 saturated carbocycles. The van der Waals surface area contributed by atoms with Crippen molar-refractivity contribution in [2.24, 2.45) is 0 Å². The summed E-state index contributed by atoms with van der Waals surface area (Å²) >= 11 is 7.19. The number of benzene rings is 1. The smallest absolute Gasteiger partial charge is 0.320 e. The van der Waals surface area contributed by atoms with Gasteiger partial charge in [-0.15, -0.1) is 28.0 Å². The van der Waals surface area contributed by atoms with Gasteiger partial charge >= 0.3 is 6.01 Å². The lowest BCUT2D eigenvalue weighted by Gasteiger charge is -2.00. The molecule has 0 atom stereocenters. The Hall–Kier alpha value is -1.66. The Balaban J connectivity index is 1.81. The van der Waals surface area contributed by atoms with Gasteiger partial charge in [0.05, 0.1) is 15.7 Å². The zero-order valence-electron chi connectivity index (χ0n) is 9.26. The lowest BCUT2D eigenvalue weighted by atomic mass is 10.3. The Kier molecular flexibility index (Phi) is 3.12. The van der Waals surface area contributed by atoms with Crippen LogP contribution in [0, 0.1) is 0 Å². The molecule has 0 fully saturated rings. The van der Waals surface area contributed by atoms with Gasteiger partial charge in [-0.1, -0.05) is 5.10 Å². The van der Waals surface area contributed by atoms with Gasteiger partial charge in [-0.25, -0.2) is 4.98 Å². The fourth-order valence-corrected chi connectivity index (χ4v) is 2.42. The molecule has 92 valence electrons. The first-order valence-electron chi connectivity index (χ1n) is 5.34. The number of halogens is 1. The van der Waals surface area contributed by atoms with Crippen LogP contribution in [0.5, 0.6) is 0 Å². The Morgan fingerprint density at radius 3 is 3.17 bits per heavy atom. The zero-order chi connectivity index (χ0) is 12.4. The molecule has 5 nitrogen and oxygen atoms in total. The van der Waals surface area contributed by atoms with Crippen LogP contribution >= 0.6 is 22.9 Å². The van der Waals surface area contributed by atoms with Crippen molar-refractivity contribution in [1.82, 2.24) is 15.2 Å². The standard InChI is InChI=1S/C11H9ClN4OS/c12-4-3-10-15-16-11(17-10)14-7-1-2-8-9(5-7)18-6-13-8/h1-2,5-6H,3-4H2,(H,14,16). The van der Waals surface area contributed by atoms with Crippen LogP contribution in [0.2, 0.25) is 0 Å². The van der Waals surface area contributed by atoms with Crippen molar-refractivity contribution < 1.29 is 4.42 Å². The summed E-state index contributed by atoms with van der Waals surface area (Å²) in [5, 5.41) is 10.8. The molecule has 7 heteroatoms. The molecule has 1 aromatic carbocycles. The highest BCUT2D eigenvalue weighted by molar-refractivity contribution is 7.16. The highest BCUT2D eigenvalue weighted by Crippen LogP contribution is 2.23. The summed E-state index contributed by atoms with van der Waals surface area (Å²) in [5.41, 5.74) is 3.70. The van der Waals surface area contributed by atoms with E-state index in [0.29, 0.717) is 24.2 Å². The maximum absolute atomic E-state index is 5.60. The summed E-state index contributed by atoms with van der Waals surface area (Å²) in [6, 6.07) is 6.25. The monoisotopic (exact) mass is 280 g/mol. The largest absolute Gasteiger partial charge is 0.408 e. The van der Waals surface area contributed by atoms with E-state index in [2.05, 4.69) is 20.5 Å². The van der Waals surface area contributed by atoms with Gasteiger partial charge in [0.2, 0.25) is 5.89 Å². The number of hydrogen-bond acceptors (Lipinski definition) is 6. The predicted molar refractivity (Wildman–Crippen MR) is 71.6 cm³/mol. The number of hydrogen-bond donors (Lipinski definition) is 1. The second-order valence-electron chi connectivity index (χ2n) is 3.60. The number of aryl methyl sites for hydroxylation is 1. The zero-order valence-corrected chi connectivity index (χ0v) is 10.8. The Labute approximate surface area is 112 Å². The van der Waals surface area contributed by atoms with E-state index in [1.807, 2.05) is 23.7 Å². The summed E-state index contributed by atoms with van der Waals surface area (Å²) < 4.78 is 6.50. The normalized spacial score (nSPS) is 10.9. The lowest BCUT2D eigenvalue weighted by molar-refractivity contribution is 0.516. The number of thiazole rings is 1. The Morgan fingerprint density at radius 1 is 1.33 bits per heavy atom. The van der Waals surface area contributed by atoms with Crippen LogP contribution in [-0.4, -0.2) is 21.1 Å². The van der Waals surface area contributed by atoms with Gasteiger partial charge in [0, 0.05) is 18.0 Å². The van der Waals surface area contributed by atoms with Crippen molar-refractivity contribution in [3.05, 3.63) is 29.6 Å². The van der Waals surface area contributed by atoms with E-state index in [9.17, 15) is 0 Å². The van der Waals surface area contributed by atoms with Crippen LogP contribution < -0.4 is 5.32 Å². The number of rotatable bonds is 4. The maximum atomic E-state index is 5.60. The second-order valence-corrected chi connectivity index (χ2v) is 4.86. The first-order valence-corrected chi connectivity index (χ1v) is 6.75. The molecule has 18 heavy (non-hydrogen) atoms. The molecular weight excluding hydrogens is 272 g/mol. The Bertz CT molecular complexity index is 666. The minimum absolute atomic E-state index is 0.374. The molecule has 0 aliphatic carbocycles. The van der Waals surface area contributed by atoms with Crippen LogP contribution in [-0.2, 0) is 6.42 Å². The summed E-state index contributed by atoms with van der Waals surface area (Å²) in [7, 11) is 0. The number of alkyl halides is 1. The van der Waals surface area contributed by atoms with Crippen molar-refractivity contribution in [1.29, 1.82) is 0 Å². The first kappa shape index (κ1) is 11.4. The molecule has 0 bridgehead atoms. The summed E-state index contributed by atoms with van der Waals surface area (Å²) in [4.78, 5) is 4.22. The highest BCUT2D eigenvalue weighted by Gasteiger charge is 2.06. The van der Waals surface area contributed by atoms with Gasteiger partial charge in [0.15, 0.2) is 0 Å². The van der Waals surface area contributed by atoms with E-state index in [1.165, 1.54) is 0 Å². The third-order valence-electron chi connectivity index (χ3n) is 2.36. The van der Waals surface area contributed by atoms with E-state index in [1.54, 1.807) is 11.3 Å². The highest BCUT2D eigenvalue weighted by atomic mass is 35.5. The van der Waals surface area contributed by atoms with E-state index in [-0.39, 0.29) is 0 Å². The second kappa shape index (κ2) is 4.91. The number of aromatic nitrogens is 3. The van der Waals surface area contributed by atoms with E-state index < -0.39 is 0 Å². The maximum Gasteiger partial charge on any atom is 0.320 e. The molecule has 0 saturated heterocycles. The van der Waals surface area contributed by atoms with Crippen LogP contribution in [0.15, 0.2) is 28.1 Å².